The maximum atomic E-state index is 10.7. The Morgan fingerprint density at radius 1 is 1.33 bits per heavy atom. The minimum Gasteiger partial charge on any atom is -0.478 e. The first kappa shape index (κ1) is 15.3. The molecule has 1 aromatic heterocycles. The number of benzene rings is 1. The monoisotopic (exact) mass is 304 g/mol. The summed E-state index contributed by atoms with van der Waals surface area (Å²) < 4.78 is 1.84. The van der Waals surface area contributed by atoms with E-state index in [2.05, 4.69) is 25.0 Å². The molecule has 0 amide bonds. The molecule has 1 heterocycles. The molecule has 4 nitrogen and oxygen atoms in total. The number of halogens is 1. The molecule has 0 fully saturated rings. The molecule has 5 heteroatoms. The molecule has 1 N–H and O–H groups in total. The van der Waals surface area contributed by atoms with Crippen molar-refractivity contribution in [1.82, 2.24) is 9.78 Å². The third-order valence-electron chi connectivity index (χ3n) is 3.18. The number of hydrogen-bond acceptors (Lipinski definition) is 2. The summed E-state index contributed by atoms with van der Waals surface area (Å²) in [5.41, 5.74) is 3.62. The highest BCUT2D eigenvalue weighted by atomic mass is 35.5. The highest BCUT2D eigenvalue weighted by Crippen LogP contribution is 2.23. The van der Waals surface area contributed by atoms with Crippen molar-refractivity contribution < 1.29 is 9.90 Å². The SMILES string of the molecule is CCc1cc(CC)n(-c2cc(Cl)ccc2/C=C/C(=O)O)n1. The molecule has 0 aliphatic rings. The third kappa shape index (κ3) is 3.52. The molecule has 0 aliphatic carbocycles. The highest BCUT2D eigenvalue weighted by Gasteiger charge is 2.11. The van der Waals surface area contributed by atoms with Crippen molar-refractivity contribution in [3.05, 3.63) is 52.3 Å². The lowest BCUT2D eigenvalue weighted by Crippen LogP contribution is -2.04. The summed E-state index contributed by atoms with van der Waals surface area (Å²) in [6.45, 7) is 4.11. The smallest absolute Gasteiger partial charge is 0.328 e. The Labute approximate surface area is 128 Å². The van der Waals surface area contributed by atoms with Gasteiger partial charge in [-0.15, -0.1) is 0 Å². The van der Waals surface area contributed by atoms with E-state index in [0.29, 0.717) is 5.02 Å². The Bertz CT molecular complexity index is 690. The summed E-state index contributed by atoms with van der Waals surface area (Å²) >= 11 is 6.08. The molecule has 0 atom stereocenters. The first-order valence-electron chi connectivity index (χ1n) is 6.83. The van der Waals surface area contributed by atoms with E-state index in [4.69, 9.17) is 16.7 Å². The summed E-state index contributed by atoms with van der Waals surface area (Å²) in [6, 6.07) is 7.40. The lowest BCUT2D eigenvalue weighted by molar-refractivity contribution is -0.131. The van der Waals surface area contributed by atoms with Crippen molar-refractivity contribution >= 4 is 23.6 Å². The Kier molecular flexibility index (Phi) is 4.81. The van der Waals surface area contributed by atoms with Gasteiger partial charge in [0.1, 0.15) is 0 Å². The zero-order chi connectivity index (χ0) is 15.4. The van der Waals surface area contributed by atoms with Crippen LogP contribution in [0.2, 0.25) is 5.02 Å². The fourth-order valence-corrected chi connectivity index (χ4v) is 2.28. The molecule has 0 spiro atoms. The van der Waals surface area contributed by atoms with Gasteiger partial charge >= 0.3 is 5.97 Å². The van der Waals surface area contributed by atoms with Gasteiger partial charge in [0.25, 0.3) is 0 Å². The van der Waals surface area contributed by atoms with Crippen LogP contribution in [0.25, 0.3) is 11.8 Å². The molecule has 110 valence electrons. The molecule has 0 saturated heterocycles. The molecule has 0 radical (unpaired) electrons. The number of carboxylic acid groups (broad SMARTS) is 1. The van der Waals surface area contributed by atoms with Gasteiger partial charge in [-0.2, -0.15) is 5.10 Å². The second-order valence-electron chi connectivity index (χ2n) is 4.62. The number of aromatic nitrogens is 2. The van der Waals surface area contributed by atoms with Crippen LogP contribution in [0.1, 0.15) is 30.8 Å². The van der Waals surface area contributed by atoms with E-state index in [1.807, 2.05) is 4.68 Å². The number of carboxylic acids is 1. The van der Waals surface area contributed by atoms with E-state index in [-0.39, 0.29) is 0 Å². The summed E-state index contributed by atoms with van der Waals surface area (Å²) in [5, 5.41) is 14.0. The van der Waals surface area contributed by atoms with Crippen molar-refractivity contribution in [3.8, 4) is 5.69 Å². The zero-order valence-electron chi connectivity index (χ0n) is 12.0. The van der Waals surface area contributed by atoms with Crippen LogP contribution in [0.3, 0.4) is 0 Å². The summed E-state index contributed by atoms with van der Waals surface area (Å²) in [6.07, 6.45) is 4.35. The molecule has 0 aliphatic heterocycles. The van der Waals surface area contributed by atoms with E-state index < -0.39 is 5.97 Å². The number of carbonyl (C=O) groups is 1. The topological polar surface area (TPSA) is 55.1 Å². The van der Waals surface area contributed by atoms with E-state index in [0.717, 1.165) is 41.6 Å². The van der Waals surface area contributed by atoms with Crippen LogP contribution in [-0.2, 0) is 17.6 Å². The van der Waals surface area contributed by atoms with Crippen LogP contribution in [0.5, 0.6) is 0 Å². The Morgan fingerprint density at radius 3 is 2.71 bits per heavy atom. The van der Waals surface area contributed by atoms with E-state index in [9.17, 15) is 4.79 Å². The Morgan fingerprint density at radius 2 is 2.10 bits per heavy atom. The Balaban J connectivity index is 2.58. The quantitative estimate of drug-likeness (QED) is 0.856. The van der Waals surface area contributed by atoms with Gasteiger partial charge in [0.05, 0.1) is 11.4 Å². The first-order chi connectivity index (χ1) is 10.0. The largest absolute Gasteiger partial charge is 0.478 e. The van der Waals surface area contributed by atoms with Gasteiger partial charge in [-0.05, 0) is 37.1 Å². The van der Waals surface area contributed by atoms with Gasteiger partial charge in [0.15, 0.2) is 0 Å². The fraction of sp³-hybridized carbons (Fsp3) is 0.250. The summed E-state index contributed by atoms with van der Waals surface area (Å²) in [7, 11) is 0. The highest BCUT2D eigenvalue weighted by molar-refractivity contribution is 6.30. The molecule has 21 heavy (non-hydrogen) atoms. The zero-order valence-corrected chi connectivity index (χ0v) is 12.8. The van der Waals surface area contributed by atoms with Crippen molar-refractivity contribution in [2.45, 2.75) is 26.7 Å². The van der Waals surface area contributed by atoms with Crippen LogP contribution in [0, 0.1) is 0 Å². The van der Waals surface area contributed by atoms with Gasteiger partial charge in [-0.3, -0.25) is 0 Å². The van der Waals surface area contributed by atoms with Crippen molar-refractivity contribution in [2.75, 3.05) is 0 Å². The number of rotatable bonds is 5. The lowest BCUT2D eigenvalue weighted by Gasteiger charge is -2.10. The van der Waals surface area contributed by atoms with Gasteiger partial charge in [-0.1, -0.05) is 31.5 Å². The average Bonchev–Trinajstić information content (AvgIpc) is 2.89. The van der Waals surface area contributed by atoms with Crippen LogP contribution < -0.4 is 0 Å². The van der Waals surface area contributed by atoms with Crippen LogP contribution in [0.4, 0.5) is 0 Å². The molecule has 2 aromatic rings. The van der Waals surface area contributed by atoms with Crippen LogP contribution >= 0.6 is 11.6 Å². The molecule has 0 saturated carbocycles. The predicted octanol–water partition coefficient (Wildman–Crippen LogP) is 3.75. The van der Waals surface area contributed by atoms with E-state index in [1.165, 1.54) is 0 Å². The molecular weight excluding hydrogens is 288 g/mol. The molecule has 1 aromatic carbocycles. The maximum Gasteiger partial charge on any atom is 0.328 e. The number of aliphatic carboxylic acids is 1. The predicted molar refractivity (Wildman–Crippen MR) is 84.0 cm³/mol. The third-order valence-corrected chi connectivity index (χ3v) is 3.42. The van der Waals surface area contributed by atoms with Gasteiger partial charge < -0.3 is 5.11 Å². The van der Waals surface area contributed by atoms with Crippen LogP contribution in [-0.4, -0.2) is 20.9 Å². The summed E-state index contributed by atoms with van der Waals surface area (Å²) in [5.74, 6) is -0.985. The van der Waals surface area contributed by atoms with Gasteiger partial charge in [-0.25, -0.2) is 9.48 Å². The second kappa shape index (κ2) is 6.59. The lowest BCUT2D eigenvalue weighted by atomic mass is 10.1. The van der Waals surface area contributed by atoms with Crippen molar-refractivity contribution in [1.29, 1.82) is 0 Å². The minimum absolute atomic E-state index is 0.591. The van der Waals surface area contributed by atoms with Crippen molar-refractivity contribution in [3.63, 3.8) is 0 Å². The maximum absolute atomic E-state index is 10.7. The number of nitrogens with zero attached hydrogens (tertiary/aromatic N) is 2. The second-order valence-corrected chi connectivity index (χ2v) is 5.06. The number of hydrogen-bond donors (Lipinski definition) is 1. The van der Waals surface area contributed by atoms with Gasteiger partial charge in [0, 0.05) is 22.4 Å². The van der Waals surface area contributed by atoms with Crippen molar-refractivity contribution in [2.24, 2.45) is 0 Å². The number of aryl methyl sites for hydroxylation is 2. The molecular formula is C16H17ClN2O2. The fourth-order valence-electron chi connectivity index (χ4n) is 2.11. The summed E-state index contributed by atoms with van der Waals surface area (Å²) in [4.78, 5) is 10.7. The normalized spacial score (nSPS) is 11.2. The first-order valence-corrected chi connectivity index (χ1v) is 7.21. The van der Waals surface area contributed by atoms with E-state index >= 15 is 0 Å². The molecule has 0 bridgehead atoms. The molecule has 0 unspecified atom stereocenters. The molecule has 2 rings (SSSR count). The van der Waals surface area contributed by atoms with Crippen LogP contribution in [0.15, 0.2) is 30.3 Å². The standard InChI is InChI=1S/C16H17ClN2O2/c1-3-13-10-14(4-2)19(18-13)15-9-12(17)7-5-11(15)6-8-16(20)21/h5-10H,3-4H2,1-2H3,(H,20,21)/b8-6+. The Hall–Kier alpha value is -2.07. The van der Waals surface area contributed by atoms with E-state index in [1.54, 1.807) is 24.3 Å². The minimum atomic E-state index is -0.985. The average molecular weight is 305 g/mol. The van der Waals surface area contributed by atoms with Gasteiger partial charge in [0.2, 0.25) is 0 Å².